The highest BCUT2D eigenvalue weighted by Crippen LogP contribution is 2.37. The average Bonchev–Trinajstić information content (AvgIpc) is 2.72. The zero-order valence-corrected chi connectivity index (χ0v) is 16.1. The molecule has 0 fully saturated rings. The fraction of sp³-hybridized carbons (Fsp3) is 0.0870. The minimum Gasteiger partial charge on any atom is -0.489 e. The number of halogens is 5. The van der Waals surface area contributed by atoms with E-state index in [2.05, 4.69) is 11.1 Å². The number of hydrogen-bond donors (Lipinski definition) is 0. The number of rotatable bonds is 4. The van der Waals surface area contributed by atoms with Crippen LogP contribution in [0.15, 0.2) is 66.9 Å². The molecule has 0 spiro atoms. The Balaban J connectivity index is 1.70. The van der Waals surface area contributed by atoms with Crippen LogP contribution in [0.1, 0.15) is 11.1 Å². The number of aromatic nitrogens is 1. The van der Waals surface area contributed by atoms with E-state index in [1.807, 2.05) is 0 Å². The molecule has 151 valence electrons. The van der Waals surface area contributed by atoms with Crippen LogP contribution in [0.4, 0.5) is 17.6 Å². The standard InChI is InChI=1S/C23H13ClF4NO/c24-20-8-3-9-21(25)18(20)13-30-15-5-1-4-14(12-15)16-10-11-29-22-17(16)6-2-7-19(22)23(26,27)28/h1-9,11-12H,13H2. The number of nitrogens with zero attached hydrogens (tertiary/aromatic N) is 1. The number of benzene rings is 3. The molecule has 1 aromatic heterocycles. The Bertz CT molecular complexity index is 1200. The van der Waals surface area contributed by atoms with Gasteiger partial charge in [0.1, 0.15) is 18.2 Å². The second-order valence-corrected chi connectivity index (χ2v) is 6.90. The first-order chi connectivity index (χ1) is 14.3. The van der Waals surface area contributed by atoms with Gasteiger partial charge >= 0.3 is 6.18 Å². The topological polar surface area (TPSA) is 22.1 Å². The first-order valence-electron chi connectivity index (χ1n) is 8.87. The van der Waals surface area contributed by atoms with Crippen LogP contribution >= 0.6 is 11.6 Å². The van der Waals surface area contributed by atoms with Crippen molar-refractivity contribution in [1.82, 2.24) is 4.98 Å². The molecule has 4 rings (SSSR count). The Morgan fingerprint density at radius 2 is 1.77 bits per heavy atom. The lowest BCUT2D eigenvalue weighted by atomic mass is 9.99. The quantitative estimate of drug-likeness (QED) is 0.322. The highest BCUT2D eigenvalue weighted by Gasteiger charge is 2.33. The number of fused-ring (bicyclic) bond motifs is 1. The van der Waals surface area contributed by atoms with E-state index in [1.54, 1.807) is 36.4 Å². The van der Waals surface area contributed by atoms with Gasteiger partial charge in [0.25, 0.3) is 0 Å². The van der Waals surface area contributed by atoms with Gasteiger partial charge in [0.15, 0.2) is 0 Å². The number of pyridine rings is 1. The summed E-state index contributed by atoms with van der Waals surface area (Å²) in [6, 6.07) is 17.9. The van der Waals surface area contributed by atoms with Crippen LogP contribution in [0.25, 0.3) is 22.0 Å². The molecule has 1 heterocycles. The summed E-state index contributed by atoms with van der Waals surface area (Å²) >= 11 is 6.02. The van der Waals surface area contributed by atoms with Crippen molar-refractivity contribution in [2.45, 2.75) is 12.8 Å². The fourth-order valence-electron chi connectivity index (χ4n) is 3.16. The van der Waals surface area contributed by atoms with Gasteiger partial charge in [-0.15, -0.1) is 0 Å². The van der Waals surface area contributed by atoms with E-state index < -0.39 is 17.6 Å². The van der Waals surface area contributed by atoms with Crippen molar-refractivity contribution in [3.63, 3.8) is 0 Å². The zero-order chi connectivity index (χ0) is 21.3. The molecular formula is C23H13ClF4NO. The minimum atomic E-state index is -4.52. The normalized spacial score (nSPS) is 11.6. The second-order valence-electron chi connectivity index (χ2n) is 6.49. The maximum Gasteiger partial charge on any atom is 0.418 e. The SMILES string of the molecule is Fc1cccc(Cl)c1COc1cccc(-c2[c]cnc3c(C(F)(F)F)cccc23)c1. The highest BCUT2D eigenvalue weighted by molar-refractivity contribution is 6.31. The first-order valence-corrected chi connectivity index (χ1v) is 9.25. The first kappa shape index (κ1) is 20.2. The van der Waals surface area contributed by atoms with Gasteiger partial charge in [-0.3, -0.25) is 4.98 Å². The Hall–Kier alpha value is -3.12. The molecule has 0 unspecified atom stereocenters. The van der Waals surface area contributed by atoms with Crippen molar-refractivity contribution in [2.75, 3.05) is 0 Å². The molecule has 3 aromatic carbocycles. The van der Waals surface area contributed by atoms with E-state index in [4.69, 9.17) is 16.3 Å². The van der Waals surface area contributed by atoms with Crippen LogP contribution < -0.4 is 4.74 Å². The fourth-order valence-corrected chi connectivity index (χ4v) is 3.38. The Kier molecular flexibility index (Phi) is 5.35. The molecular weight excluding hydrogens is 418 g/mol. The average molecular weight is 431 g/mol. The maximum atomic E-state index is 13.9. The molecule has 0 amide bonds. The maximum absolute atomic E-state index is 13.9. The third kappa shape index (κ3) is 3.96. The Labute approximate surface area is 174 Å². The molecule has 0 aliphatic carbocycles. The number of hydrogen-bond acceptors (Lipinski definition) is 2. The summed E-state index contributed by atoms with van der Waals surface area (Å²) in [6.07, 6.45) is -3.30. The molecule has 2 nitrogen and oxygen atoms in total. The van der Waals surface area contributed by atoms with Crippen molar-refractivity contribution >= 4 is 22.5 Å². The number of para-hydroxylation sites is 1. The van der Waals surface area contributed by atoms with Gasteiger partial charge in [0.05, 0.1) is 16.1 Å². The zero-order valence-electron chi connectivity index (χ0n) is 15.3. The molecule has 0 aliphatic rings. The van der Waals surface area contributed by atoms with Crippen LogP contribution in [0.2, 0.25) is 5.02 Å². The molecule has 0 atom stereocenters. The van der Waals surface area contributed by atoms with E-state index in [-0.39, 0.29) is 22.7 Å². The highest BCUT2D eigenvalue weighted by atomic mass is 35.5. The summed E-state index contributed by atoms with van der Waals surface area (Å²) in [5.74, 6) is -0.0658. The summed E-state index contributed by atoms with van der Waals surface area (Å²) < 4.78 is 59.6. The van der Waals surface area contributed by atoms with Gasteiger partial charge in [0.2, 0.25) is 0 Å². The van der Waals surface area contributed by atoms with Crippen LogP contribution in [0.5, 0.6) is 5.75 Å². The van der Waals surface area contributed by atoms with Crippen molar-refractivity contribution in [3.05, 3.63) is 94.9 Å². The molecule has 7 heteroatoms. The summed E-state index contributed by atoms with van der Waals surface area (Å²) in [6.45, 7) is -0.0893. The summed E-state index contributed by atoms with van der Waals surface area (Å²) in [7, 11) is 0. The molecule has 0 bridgehead atoms. The van der Waals surface area contributed by atoms with E-state index >= 15 is 0 Å². The molecule has 0 N–H and O–H groups in total. The van der Waals surface area contributed by atoms with Crippen LogP contribution in [0, 0.1) is 11.9 Å². The van der Waals surface area contributed by atoms with E-state index in [0.717, 1.165) is 6.07 Å². The third-order valence-corrected chi connectivity index (χ3v) is 4.93. The lowest BCUT2D eigenvalue weighted by Gasteiger charge is -2.13. The van der Waals surface area contributed by atoms with Gasteiger partial charge in [-0.25, -0.2) is 4.39 Å². The predicted octanol–water partition coefficient (Wildman–Crippen LogP) is 7.09. The monoisotopic (exact) mass is 430 g/mol. The minimum absolute atomic E-state index is 0.0893. The molecule has 1 radical (unpaired) electrons. The smallest absolute Gasteiger partial charge is 0.418 e. The van der Waals surface area contributed by atoms with Gasteiger partial charge in [-0.1, -0.05) is 41.9 Å². The van der Waals surface area contributed by atoms with Gasteiger partial charge in [-0.2, -0.15) is 13.2 Å². The lowest BCUT2D eigenvalue weighted by Crippen LogP contribution is -2.06. The molecule has 0 aliphatic heterocycles. The molecule has 30 heavy (non-hydrogen) atoms. The van der Waals surface area contributed by atoms with Gasteiger partial charge in [0, 0.05) is 28.8 Å². The summed E-state index contributed by atoms with van der Waals surface area (Å²) in [5.41, 5.74) is 0.319. The van der Waals surface area contributed by atoms with Crippen molar-refractivity contribution in [3.8, 4) is 16.9 Å². The summed E-state index contributed by atoms with van der Waals surface area (Å²) in [5, 5.41) is 0.570. The van der Waals surface area contributed by atoms with Crippen LogP contribution in [-0.4, -0.2) is 4.98 Å². The van der Waals surface area contributed by atoms with Gasteiger partial charge in [-0.05, 0) is 35.9 Å². The Morgan fingerprint density at radius 3 is 2.53 bits per heavy atom. The largest absolute Gasteiger partial charge is 0.489 e. The molecule has 0 saturated carbocycles. The van der Waals surface area contributed by atoms with Crippen LogP contribution in [0.3, 0.4) is 0 Å². The second kappa shape index (κ2) is 7.95. The molecule has 0 saturated heterocycles. The molecule has 4 aromatic rings. The van der Waals surface area contributed by atoms with Gasteiger partial charge < -0.3 is 4.74 Å². The Morgan fingerprint density at radius 1 is 1.00 bits per heavy atom. The lowest BCUT2D eigenvalue weighted by molar-refractivity contribution is -0.136. The van der Waals surface area contributed by atoms with E-state index in [0.29, 0.717) is 22.3 Å². The summed E-state index contributed by atoms with van der Waals surface area (Å²) in [4.78, 5) is 3.89. The van der Waals surface area contributed by atoms with E-state index in [1.165, 1.54) is 24.4 Å². The predicted molar refractivity (Wildman–Crippen MR) is 107 cm³/mol. The van der Waals surface area contributed by atoms with Crippen molar-refractivity contribution in [2.24, 2.45) is 0 Å². The van der Waals surface area contributed by atoms with Crippen molar-refractivity contribution < 1.29 is 22.3 Å². The van der Waals surface area contributed by atoms with Crippen LogP contribution in [-0.2, 0) is 12.8 Å². The number of alkyl halides is 3. The number of ether oxygens (including phenoxy) is 1. The van der Waals surface area contributed by atoms with E-state index in [9.17, 15) is 17.6 Å². The van der Waals surface area contributed by atoms with Crippen molar-refractivity contribution in [1.29, 1.82) is 0 Å². The third-order valence-electron chi connectivity index (χ3n) is 4.58.